The van der Waals surface area contributed by atoms with E-state index >= 15 is 0 Å². The van der Waals surface area contributed by atoms with Crippen LogP contribution in [0.5, 0.6) is 0 Å². The molecule has 1 unspecified atom stereocenters. The van der Waals surface area contributed by atoms with Crippen LogP contribution in [0.25, 0.3) is 0 Å². The molecule has 0 aromatic carbocycles. The van der Waals surface area contributed by atoms with Gasteiger partial charge in [-0.25, -0.2) is 12.7 Å². The van der Waals surface area contributed by atoms with Crippen molar-refractivity contribution in [3.8, 4) is 0 Å². The second-order valence-corrected chi connectivity index (χ2v) is 8.14. The Morgan fingerprint density at radius 2 is 1.90 bits per heavy atom. The molecule has 1 N–H and O–H groups in total. The summed E-state index contributed by atoms with van der Waals surface area (Å²) in [7, 11) is -3.13. The molecule has 1 aliphatic carbocycles. The highest BCUT2D eigenvalue weighted by molar-refractivity contribution is 7.88. The van der Waals surface area contributed by atoms with E-state index in [1.54, 1.807) is 0 Å². The van der Waals surface area contributed by atoms with Gasteiger partial charge in [-0.2, -0.15) is 0 Å². The molecule has 6 nitrogen and oxygen atoms in total. The van der Waals surface area contributed by atoms with Crippen LogP contribution in [0, 0.1) is 11.8 Å². The van der Waals surface area contributed by atoms with Crippen LogP contribution in [0.3, 0.4) is 0 Å². The van der Waals surface area contributed by atoms with E-state index in [0.29, 0.717) is 25.6 Å². The maximum absolute atomic E-state index is 11.6. The number of hydrogen-bond acceptors (Lipinski definition) is 4. The number of piperidine rings is 1. The predicted molar refractivity (Wildman–Crippen MR) is 75.9 cm³/mol. The summed E-state index contributed by atoms with van der Waals surface area (Å²) in [5, 5.41) is 8.98. The van der Waals surface area contributed by atoms with Crippen LogP contribution >= 0.6 is 0 Å². The molecule has 7 heteroatoms. The highest BCUT2D eigenvalue weighted by Gasteiger charge is 2.30. The lowest BCUT2D eigenvalue weighted by atomic mass is 9.99. The van der Waals surface area contributed by atoms with Crippen molar-refractivity contribution in [2.75, 3.05) is 39.0 Å². The molecule has 0 bridgehead atoms. The van der Waals surface area contributed by atoms with Gasteiger partial charge in [0.05, 0.1) is 12.8 Å². The van der Waals surface area contributed by atoms with E-state index in [-0.39, 0.29) is 12.5 Å². The van der Waals surface area contributed by atoms with E-state index in [1.165, 1.54) is 23.4 Å². The Kier molecular flexibility index (Phi) is 5.04. The molecule has 2 aliphatic rings. The quantitative estimate of drug-likeness (QED) is 0.739. The predicted octanol–water partition coefficient (Wildman–Crippen LogP) is 0.455. The molecule has 1 saturated heterocycles. The summed E-state index contributed by atoms with van der Waals surface area (Å²) >= 11 is 0. The third kappa shape index (κ3) is 5.03. The van der Waals surface area contributed by atoms with Crippen molar-refractivity contribution in [2.24, 2.45) is 11.8 Å². The molecule has 0 spiro atoms. The van der Waals surface area contributed by atoms with Gasteiger partial charge in [0, 0.05) is 26.2 Å². The van der Waals surface area contributed by atoms with Gasteiger partial charge in [0.15, 0.2) is 0 Å². The lowest BCUT2D eigenvalue weighted by Crippen LogP contribution is -2.44. The fourth-order valence-corrected chi connectivity index (χ4v) is 3.85. The Balaban J connectivity index is 1.89. The zero-order valence-electron chi connectivity index (χ0n) is 12.0. The molecular weight excluding hydrogens is 280 g/mol. The number of aliphatic carboxylic acids is 1. The highest BCUT2D eigenvalue weighted by atomic mass is 32.2. The van der Waals surface area contributed by atoms with Gasteiger partial charge in [-0.3, -0.25) is 9.69 Å². The van der Waals surface area contributed by atoms with Gasteiger partial charge in [0.25, 0.3) is 0 Å². The smallest absolute Gasteiger partial charge is 0.317 e. The third-order valence-corrected chi connectivity index (χ3v) is 5.31. The van der Waals surface area contributed by atoms with Crippen molar-refractivity contribution < 1.29 is 18.3 Å². The molecular formula is C13H24N2O4S. The molecule has 0 amide bonds. The Bertz CT molecular complexity index is 447. The van der Waals surface area contributed by atoms with Crippen molar-refractivity contribution in [3.63, 3.8) is 0 Å². The molecule has 0 aromatic rings. The van der Waals surface area contributed by atoms with Gasteiger partial charge in [-0.1, -0.05) is 0 Å². The largest absolute Gasteiger partial charge is 0.480 e. The summed E-state index contributed by atoms with van der Waals surface area (Å²) in [5.74, 6) is 0.0851. The van der Waals surface area contributed by atoms with Crippen molar-refractivity contribution in [1.29, 1.82) is 0 Å². The third-order valence-electron chi connectivity index (χ3n) is 4.04. The average Bonchev–Trinajstić information content (AvgIpc) is 3.11. The minimum atomic E-state index is -3.13. The summed E-state index contributed by atoms with van der Waals surface area (Å²) in [6.45, 7) is 2.71. The topological polar surface area (TPSA) is 77.9 Å². The lowest BCUT2D eigenvalue weighted by Gasteiger charge is -2.34. The van der Waals surface area contributed by atoms with Crippen LogP contribution < -0.4 is 0 Å². The molecule has 2 fully saturated rings. The minimum Gasteiger partial charge on any atom is -0.480 e. The summed E-state index contributed by atoms with van der Waals surface area (Å²) in [4.78, 5) is 12.9. The number of sulfonamides is 1. The summed E-state index contributed by atoms with van der Waals surface area (Å²) in [5.41, 5.74) is 0. The Morgan fingerprint density at radius 3 is 2.45 bits per heavy atom. The first kappa shape index (κ1) is 15.7. The second-order valence-electron chi connectivity index (χ2n) is 6.16. The highest BCUT2D eigenvalue weighted by Crippen LogP contribution is 2.30. The molecule has 1 saturated carbocycles. The number of rotatable bonds is 7. The molecule has 116 valence electrons. The molecule has 1 heterocycles. The van der Waals surface area contributed by atoms with Crippen molar-refractivity contribution in [2.45, 2.75) is 25.7 Å². The summed E-state index contributed by atoms with van der Waals surface area (Å²) in [6.07, 6.45) is 5.47. The van der Waals surface area contributed by atoms with Crippen LogP contribution in [-0.2, 0) is 14.8 Å². The molecule has 1 atom stereocenters. The molecule has 0 aromatic heterocycles. The number of carbonyl (C=O) groups is 1. The molecule has 0 radical (unpaired) electrons. The van der Waals surface area contributed by atoms with Crippen LogP contribution in [-0.4, -0.2) is 67.7 Å². The maximum Gasteiger partial charge on any atom is 0.317 e. The van der Waals surface area contributed by atoms with Crippen molar-refractivity contribution >= 4 is 16.0 Å². The van der Waals surface area contributed by atoms with E-state index in [9.17, 15) is 13.2 Å². The lowest BCUT2D eigenvalue weighted by molar-refractivity contribution is -0.138. The van der Waals surface area contributed by atoms with Crippen LogP contribution in [0.15, 0.2) is 0 Å². The average molecular weight is 304 g/mol. The Hall–Kier alpha value is -0.660. The molecule has 1 aliphatic heterocycles. The van der Waals surface area contributed by atoms with E-state index < -0.39 is 16.0 Å². The van der Waals surface area contributed by atoms with Gasteiger partial charge in [-0.15, -0.1) is 0 Å². The van der Waals surface area contributed by atoms with E-state index in [4.69, 9.17) is 5.11 Å². The number of hydrogen-bond donors (Lipinski definition) is 1. The van der Waals surface area contributed by atoms with Gasteiger partial charge in [-0.05, 0) is 37.5 Å². The first-order valence-electron chi connectivity index (χ1n) is 7.24. The normalized spacial score (nSPS) is 25.0. The first-order chi connectivity index (χ1) is 9.34. The molecule has 20 heavy (non-hydrogen) atoms. The summed E-state index contributed by atoms with van der Waals surface area (Å²) < 4.78 is 24.7. The number of carboxylic acid groups (broad SMARTS) is 1. The second kappa shape index (κ2) is 6.41. The fraction of sp³-hybridized carbons (Fsp3) is 0.923. The maximum atomic E-state index is 11.6. The Morgan fingerprint density at radius 1 is 1.25 bits per heavy atom. The van der Waals surface area contributed by atoms with E-state index in [0.717, 1.165) is 19.4 Å². The van der Waals surface area contributed by atoms with E-state index in [2.05, 4.69) is 0 Å². The van der Waals surface area contributed by atoms with Gasteiger partial charge < -0.3 is 5.11 Å². The summed E-state index contributed by atoms with van der Waals surface area (Å²) in [6, 6.07) is 0. The minimum absolute atomic E-state index is 0.0614. The standard InChI is InChI=1S/C13H24N2O4S/c1-20(18,19)15-6-2-3-12(9-15)8-14(10-13(16)17)7-11-4-5-11/h11-12H,2-10H2,1H3,(H,16,17). The number of nitrogens with zero attached hydrogens (tertiary/aromatic N) is 2. The Labute approximate surface area is 120 Å². The van der Waals surface area contributed by atoms with Gasteiger partial charge >= 0.3 is 5.97 Å². The van der Waals surface area contributed by atoms with E-state index in [1.807, 2.05) is 4.90 Å². The van der Waals surface area contributed by atoms with Gasteiger partial charge in [0.2, 0.25) is 10.0 Å². The zero-order valence-corrected chi connectivity index (χ0v) is 12.8. The number of carboxylic acids is 1. The monoisotopic (exact) mass is 304 g/mol. The zero-order chi connectivity index (χ0) is 14.8. The van der Waals surface area contributed by atoms with Crippen LogP contribution in [0.1, 0.15) is 25.7 Å². The van der Waals surface area contributed by atoms with Gasteiger partial charge in [0.1, 0.15) is 0 Å². The van der Waals surface area contributed by atoms with Crippen molar-refractivity contribution in [3.05, 3.63) is 0 Å². The fourth-order valence-electron chi connectivity index (χ4n) is 2.90. The molecule has 2 rings (SSSR count). The van der Waals surface area contributed by atoms with Crippen LogP contribution in [0.4, 0.5) is 0 Å². The van der Waals surface area contributed by atoms with Crippen molar-refractivity contribution in [1.82, 2.24) is 9.21 Å². The van der Waals surface area contributed by atoms with Crippen LogP contribution in [0.2, 0.25) is 0 Å². The SMILES string of the molecule is CS(=O)(=O)N1CCCC(CN(CC(=O)O)CC2CC2)C1. The first-order valence-corrected chi connectivity index (χ1v) is 9.08.